The Morgan fingerprint density at radius 2 is 2.24 bits per heavy atom. The fourth-order valence-electron chi connectivity index (χ4n) is 2.69. The summed E-state index contributed by atoms with van der Waals surface area (Å²) in [5, 5.41) is 4.20. The van der Waals surface area contributed by atoms with Gasteiger partial charge in [0, 0.05) is 24.7 Å². The van der Waals surface area contributed by atoms with Gasteiger partial charge in [0.25, 0.3) is 5.91 Å². The zero-order chi connectivity index (χ0) is 15.0. The number of carbonyl (C=O) groups excluding carboxylic acids is 1. The van der Waals surface area contributed by atoms with Crippen molar-refractivity contribution < 1.29 is 13.9 Å². The van der Waals surface area contributed by atoms with Gasteiger partial charge in [-0.15, -0.1) is 0 Å². The van der Waals surface area contributed by atoms with Crippen molar-refractivity contribution in [2.45, 2.75) is 12.8 Å². The molecule has 1 aliphatic rings. The van der Waals surface area contributed by atoms with Gasteiger partial charge < -0.3 is 4.74 Å². The number of fused-ring (bicyclic) bond motifs is 1. The lowest BCUT2D eigenvalue weighted by atomic mass is 10.1. The Balaban J connectivity index is 1.96. The van der Waals surface area contributed by atoms with E-state index in [0.717, 1.165) is 24.2 Å². The predicted octanol–water partition coefficient (Wildman–Crippen LogP) is 2.16. The standard InChI is InChI=1S/C15H16FN3O2/c1-18-14-11(9-17-18)4-3-7-19(14)15(20)10-5-6-13(21-2)12(16)8-10/h5-6,8-9H,3-4,7H2,1-2H3. The number of nitrogens with zero attached hydrogens (tertiary/aromatic N) is 3. The molecule has 110 valence electrons. The number of amides is 1. The number of anilines is 1. The number of halogens is 1. The molecule has 21 heavy (non-hydrogen) atoms. The van der Waals surface area contributed by atoms with Crippen LogP contribution >= 0.6 is 0 Å². The number of methoxy groups -OCH3 is 1. The normalized spacial score (nSPS) is 14.0. The van der Waals surface area contributed by atoms with Gasteiger partial charge in [0.15, 0.2) is 11.6 Å². The van der Waals surface area contributed by atoms with Crippen LogP contribution in [0.4, 0.5) is 10.2 Å². The van der Waals surface area contributed by atoms with Gasteiger partial charge in [-0.05, 0) is 31.0 Å². The van der Waals surface area contributed by atoms with Crippen LogP contribution in [0, 0.1) is 5.82 Å². The highest BCUT2D eigenvalue weighted by Gasteiger charge is 2.27. The molecule has 2 aromatic rings. The maximum Gasteiger partial charge on any atom is 0.259 e. The van der Waals surface area contributed by atoms with Gasteiger partial charge in [0.1, 0.15) is 5.82 Å². The highest BCUT2D eigenvalue weighted by Crippen LogP contribution is 2.28. The molecule has 0 unspecified atom stereocenters. The molecule has 1 aromatic carbocycles. The number of hydrogen-bond acceptors (Lipinski definition) is 3. The van der Waals surface area contributed by atoms with Gasteiger partial charge >= 0.3 is 0 Å². The first-order chi connectivity index (χ1) is 10.1. The van der Waals surface area contributed by atoms with E-state index in [1.165, 1.54) is 19.2 Å². The maximum absolute atomic E-state index is 13.8. The molecule has 1 amide bonds. The first-order valence-corrected chi connectivity index (χ1v) is 6.78. The zero-order valence-electron chi connectivity index (χ0n) is 12.0. The highest BCUT2D eigenvalue weighted by molar-refractivity contribution is 6.06. The van der Waals surface area contributed by atoms with Crippen LogP contribution in [0.25, 0.3) is 0 Å². The van der Waals surface area contributed by atoms with Crippen LogP contribution in [0.5, 0.6) is 5.75 Å². The lowest BCUT2D eigenvalue weighted by Crippen LogP contribution is -2.36. The zero-order valence-corrected chi connectivity index (χ0v) is 12.0. The molecule has 2 heterocycles. The van der Waals surface area contributed by atoms with Crippen molar-refractivity contribution in [2.24, 2.45) is 7.05 Å². The van der Waals surface area contributed by atoms with E-state index < -0.39 is 5.82 Å². The van der Waals surface area contributed by atoms with Crippen LogP contribution in [-0.4, -0.2) is 29.3 Å². The number of rotatable bonds is 2. The van der Waals surface area contributed by atoms with E-state index in [1.807, 2.05) is 0 Å². The van der Waals surface area contributed by atoms with E-state index in [2.05, 4.69) is 5.10 Å². The third-order valence-corrected chi connectivity index (χ3v) is 3.71. The molecule has 0 N–H and O–H groups in total. The third-order valence-electron chi connectivity index (χ3n) is 3.71. The van der Waals surface area contributed by atoms with Gasteiger partial charge in [-0.3, -0.25) is 14.4 Å². The molecule has 0 atom stereocenters. The van der Waals surface area contributed by atoms with Crippen LogP contribution in [0.3, 0.4) is 0 Å². The number of ether oxygens (including phenoxy) is 1. The second-order valence-corrected chi connectivity index (χ2v) is 5.03. The van der Waals surface area contributed by atoms with Gasteiger partial charge in [0.05, 0.1) is 13.3 Å². The average molecular weight is 289 g/mol. The van der Waals surface area contributed by atoms with Crippen molar-refractivity contribution in [3.8, 4) is 5.75 Å². The molecule has 0 aliphatic carbocycles. The van der Waals surface area contributed by atoms with Crippen molar-refractivity contribution in [1.29, 1.82) is 0 Å². The van der Waals surface area contributed by atoms with E-state index in [0.29, 0.717) is 12.1 Å². The molecule has 0 bridgehead atoms. The van der Waals surface area contributed by atoms with E-state index in [-0.39, 0.29) is 11.7 Å². The molecule has 1 aromatic heterocycles. The minimum absolute atomic E-state index is 0.131. The lowest BCUT2D eigenvalue weighted by Gasteiger charge is -2.27. The van der Waals surface area contributed by atoms with Crippen molar-refractivity contribution in [3.63, 3.8) is 0 Å². The summed E-state index contributed by atoms with van der Waals surface area (Å²) in [5.74, 6) is 0.167. The van der Waals surface area contributed by atoms with Crippen LogP contribution in [-0.2, 0) is 13.5 Å². The minimum Gasteiger partial charge on any atom is -0.494 e. The maximum atomic E-state index is 13.8. The molecule has 0 radical (unpaired) electrons. The van der Waals surface area contributed by atoms with Crippen molar-refractivity contribution in [1.82, 2.24) is 9.78 Å². The van der Waals surface area contributed by atoms with Gasteiger partial charge in [-0.2, -0.15) is 5.10 Å². The van der Waals surface area contributed by atoms with Crippen molar-refractivity contribution in [3.05, 3.63) is 41.3 Å². The smallest absolute Gasteiger partial charge is 0.259 e. The summed E-state index contributed by atoms with van der Waals surface area (Å²) < 4.78 is 20.3. The molecule has 0 saturated heterocycles. The summed E-state index contributed by atoms with van der Waals surface area (Å²) in [6.07, 6.45) is 3.57. The second kappa shape index (κ2) is 5.20. The number of carbonyl (C=O) groups is 1. The first-order valence-electron chi connectivity index (χ1n) is 6.78. The summed E-state index contributed by atoms with van der Waals surface area (Å²) in [6.45, 7) is 0.610. The summed E-state index contributed by atoms with van der Waals surface area (Å²) in [4.78, 5) is 14.3. The molecule has 0 fully saturated rings. The fourth-order valence-corrected chi connectivity index (χ4v) is 2.69. The van der Waals surface area contributed by atoms with Gasteiger partial charge in [-0.1, -0.05) is 0 Å². The van der Waals surface area contributed by atoms with E-state index in [1.54, 1.807) is 28.9 Å². The van der Waals surface area contributed by atoms with Crippen LogP contribution in [0.2, 0.25) is 0 Å². The van der Waals surface area contributed by atoms with Crippen molar-refractivity contribution >= 4 is 11.7 Å². The number of benzene rings is 1. The van der Waals surface area contributed by atoms with E-state index in [4.69, 9.17) is 4.74 Å². The monoisotopic (exact) mass is 289 g/mol. The molecule has 3 rings (SSSR count). The molecule has 5 nitrogen and oxygen atoms in total. The third kappa shape index (κ3) is 2.26. The van der Waals surface area contributed by atoms with Crippen molar-refractivity contribution in [2.75, 3.05) is 18.6 Å². The number of hydrogen-bond donors (Lipinski definition) is 0. The second-order valence-electron chi connectivity index (χ2n) is 5.03. The summed E-state index contributed by atoms with van der Waals surface area (Å²) >= 11 is 0. The number of aromatic nitrogens is 2. The van der Waals surface area contributed by atoms with Crippen LogP contribution in [0.15, 0.2) is 24.4 Å². The summed E-state index contributed by atoms with van der Waals surface area (Å²) in [6, 6.07) is 4.26. The molecule has 0 spiro atoms. The molecular weight excluding hydrogens is 273 g/mol. The Labute approximate surface area is 121 Å². The van der Waals surface area contributed by atoms with Gasteiger partial charge in [-0.25, -0.2) is 4.39 Å². The predicted molar refractivity (Wildman–Crippen MR) is 76.2 cm³/mol. The Bertz CT molecular complexity index is 696. The molecule has 1 aliphatic heterocycles. The first kappa shape index (κ1) is 13.6. The average Bonchev–Trinajstić information content (AvgIpc) is 2.88. The Kier molecular flexibility index (Phi) is 3.37. The fraction of sp³-hybridized carbons (Fsp3) is 0.333. The van der Waals surface area contributed by atoms with Gasteiger partial charge in [0.2, 0.25) is 0 Å². The summed E-state index contributed by atoms with van der Waals surface area (Å²) in [7, 11) is 3.20. The molecule has 0 saturated carbocycles. The number of aryl methyl sites for hydroxylation is 2. The quantitative estimate of drug-likeness (QED) is 0.851. The Hall–Kier alpha value is -2.37. The summed E-state index contributed by atoms with van der Waals surface area (Å²) in [5.41, 5.74) is 1.36. The largest absolute Gasteiger partial charge is 0.494 e. The Morgan fingerprint density at radius 1 is 1.43 bits per heavy atom. The van der Waals surface area contributed by atoms with E-state index >= 15 is 0 Å². The Morgan fingerprint density at radius 3 is 2.95 bits per heavy atom. The SMILES string of the molecule is COc1ccc(C(=O)N2CCCc3cnn(C)c32)cc1F. The molecule has 6 heteroatoms. The highest BCUT2D eigenvalue weighted by atomic mass is 19.1. The van der Waals surface area contributed by atoms with Crippen LogP contribution in [0.1, 0.15) is 22.3 Å². The lowest BCUT2D eigenvalue weighted by molar-refractivity contribution is 0.0983. The van der Waals surface area contributed by atoms with E-state index in [9.17, 15) is 9.18 Å². The molecular formula is C15H16FN3O2. The topological polar surface area (TPSA) is 47.4 Å². The minimum atomic E-state index is -0.536. The van der Waals surface area contributed by atoms with Crippen LogP contribution < -0.4 is 9.64 Å².